The third-order valence-corrected chi connectivity index (χ3v) is 2.68. The van der Waals surface area contributed by atoms with Crippen molar-refractivity contribution in [2.75, 3.05) is 20.1 Å². The Morgan fingerprint density at radius 3 is 2.53 bits per heavy atom. The van der Waals surface area contributed by atoms with E-state index in [1.165, 1.54) is 5.56 Å². The van der Waals surface area contributed by atoms with Crippen molar-refractivity contribution in [2.24, 2.45) is 4.99 Å². The Bertz CT molecular complexity index is 387. The maximum atomic E-state index is 5.82. The van der Waals surface area contributed by atoms with Gasteiger partial charge in [0.05, 0.1) is 6.54 Å². The average molecular weight is 263 g/mol. The highest BCUT2D eigenvalue weighted by atomic mass is 16.5. The second-order valence-electron chi connectivity index (χ2n) is 4.62. The number of nitrogens with zero attached hydrogens (tertiary/aromatic N) is 1. The topological polar surface area (TPSA) is 45.7 Å². The molecule has 1 unspecified atom stereocenters. The molecular formula is C15H25N3O. The van der Waals surface area contributed by atoms with Crippen LogP contribution < -0.4 is 15.4 Å². The van der Waals surface area contributed by atoms with E-state index in [1.54, 1.807) is 7.05 Å². The van der Waals surface area contributed by atoms with E-state index in [4.69, 9.17) is 4.74 Å². The molecule has 0 aliphatic carbocycles. The first kappa shape index (κ1) is 15.3. The molecule has 0 aromatic heterocycles. The summed E-state index contributed by atoms with van der Waals surface area (Å²) in [5.41, 5.74) is 1.24. The van der Waals surface area contributed by atoms with Crippen molar-refractivity contribution in [2.45, 2.75) is 33.3 Å². The standard InChI is InChI=1S/C15H25N3O/c1-5-10-17-15(16-4)18-11-13(3)19-14-8-6-12(2)7-9-14/h6-9,13H,5,10-11H2,1-4H3,(H2,16,17,18). The van der Waals surface area contributed by atoms with Gasteiger partial charge in [-0.05, 0) is 32.4 Å². The predicted octanol–water partition coefficient (Wildman–Crippen LogP) is 2.34. The van der Waals surface area contributed by atoms with Crippen LogP contribution in [-0.2, 0) is 0 Å². The van der Waals surface area contributed by atoms with Crippen LogP contribution in [0.3, 0.4) is 0 Å². The molecule has 0 saturated carbocycles. The number of hydrogen-bond acceptors (Lipinski definition) is 2. The molecule has 0 spiro atoms. The minimum absolute atomic E-state index is 0.0860. The van der Waals surface area contributed by atoms with Crippen LogP contribution in [0.5, 0.6) is 5.75 Å². The quantitative estimate of drug-likeness (QED) is 0.611. The first-order chi connectivity index (χ1) is 9.15. The van der Waals surface area contributed by atoms with Crippen LogP contribution in [0.4, 0.5) is 0 Å². The summed E-state index contributed by atoms with van der Waals surface area (Å²) >= 11 is 0. The largest absolute Gasteiger partial charge is 0.489 e. The SMILES string of the molecule is CCCNC(=NC)NCC(C)Oc1ccc(C)cc1. The van der Waals surface area contributed by atoms with Crippen molar-refractivity contribution in [1.29, 1.82) is 0 Å². The van der Waals surface area contributed by atoms with Crippen LogP contribution >= 0.6 is 0 Å². The van der Waals surface area contributed by atoms with Gasteiger partial charge >= 0.3 is 0 Å². The molecule has 0 radical (unpaired) electrons. The summed E-state index contributed by atoms with van der Waals surface area (Å²) < 4.78 is 5.82. The Hall–Kier alpha value is -1.71. The van der Waals surface area contributed by atoms with E-state index >= 15 is 0 Å². The van der Waals surface area contributed by atoms with Crippen LogP contribution in [0.25, 0.3) is 0 Å². The number of benzene rings is 1. The van der Waals surface area contributed by atoms with Crippen LogP contribution in [-0.4, -0.2) is 32.2 Å². The van der Waals surface area contributed by atoms with Gasteiger partial charge in [0.15, 0.2) is 5.96 Å². The maximum Gasteiger partial charge on any atom is 0.191 e. The lowest BCUT2D eigenvalue weighted by Gasteiger charge is -2.17. The lowest BCUT2D eigenvalue weighted by atomic mass is 10.2. The third-order valence-electron chi connectivity index (χ3n) is 2.68. The summed E-state index contributed by atoms with van der Waals surface area (Å²) in [5.74, 6) is 1.72. The Morgan fingerprint density at radius 2 is 1.95 bits per heavy atom. The van der Waals surface area contributed by atoms with E-state index in [-0.39, 0.29) is 6.10 Å². The van der Waals surface area contributed by atoms with Gasteiger partial charge in [0.2, 0.25) is 0 Å². The van der Waals surface area contributed by atoms with E-state index in [0.717, 1.165) is 31.2 Å². The predicted molar refractivity (Wildman–Crippen MR) is 80.9 cm³/mol. The summed E-state index contributed by atoms with van der Waals surface area (Å²) in [4.78, 5) is 4.16. The number of guanidine groups is 1. The molecular weight excluding hydrogens is 238 g/mol. The molecule has 0 bridgehead atoms. The number of ether oxygens (including phenoxy) is 1. The van der Waals surface area contributed by atoms with Gasteiger partial charge in [-0.1, -0.05) is 24.6 Å². The summed E-state index contributed by atoms with van der Waals surface area (Å²) in [6.07, 6.45) is 1.17. The summed E-state index contributed by atoms with van der Waals surface area (Å²) in [6, 6.07) is 8.10. The minimum atomic E-state index is 0.0860. The molecule has 1 atom stereocenters. The normalized spacial score (nSPS) is 12.9. The first-order valence-corrected chi connectivity index (χ1v) is 6.83. The van der Waals surface area contributed by atoms with Gasteiger partial charge in [-0.2, -0.15) is 0 Å². The summed E-state index contributed by atoms with van der Waals surface area (Å²) in [7, 11) is 1.77. The van der Waals surface area contributed by atoms with Crippen molar-refractivity contribution in [3.8, 4) is 5.75 Å². The number of aliphatic imine (C=N–C) groups is 1. The molecule has 0 fully saturated rings. The third kappa shape index (κ3) is 6.13. The van der Waals surface area contributed by atoms with Gasteiger partial charge in [-0.25, -0.2) is 0 Å². The lowest BCUT2D eigenvalue weighted by molar-refractivity contribution is 0.224. The van der Waals surface area contributed by atoms with Crippen molar-refractivity contribution in [3.05, 3.63) is 29.8 Å². The minimum Gasteiger partial charge on any atom is -0.489 e. The highest BCUT2D eigenvalue weighted by molar-refractivity contribution is 5.79. The van der Waals surface area contributed by atoms with Crippen LogP contribution in [0, 0.1) is 6.92 Å². The lowest BCUT2D eigenvalue weighted by Crippen LogP contribution is -2.42. The number of rotatable bonds is 6. The molecule has 4 heteroatoms. The molecule has 0 saturated heterocycles. The van der Waals surface area contributed by atoms with Crippen LogP contribution in [0.2, 0.25) is 0 Å². The molecule has 0 amide bonds. The zero-order valence-electron chi connectivity index (χ0n) is 12.4. The van der Waals surface area contributed by atoms with Gasteiger partial charge < -0.3 is 15.4 Å². The molecule has 4 nitrogen and oxygen atoms in total. The van der Waals surface area contributed by atoms with E-state index in [0.29, 0.717) is 0 Å². The highest BCUT2D eigenvalue weighted by Crippen LogP contribution is 2.12. The van der Waals surface area contributed by atoms with Crippen molar-refractivity contribution < 1.29 is 4.74 Å². The fourth-order valence-corrected chi connectivity index (χ4v) is 1.60. The van der Waals surface area contributed by atoms with Gasteiger partial charge in [0, 0.05) is 13.6 Å². The Balaban J connectivity index is 2.34. The molecule has 1 aromatic rings. The van der Waals surface area contributed by atoms with E-state index in [9.17, 15) is 0 Å². The molecule has 19 heavy (non-hydrogen) atoms. The molecule has 0 aliphatic heterocycles. The van der Waals surface area contributed by atoms with E-state index in [1.807, 2.05) is 19.1 Å². The molecule has 106 valence electrons. The van der Waals surface area contributed by atoms with Crippen molar-refractivity contribution in [1.82, 2.24) is 10.6 Å². The first-order valence-electron chi connectivity index (χ1n) is 6.83. The fraction of sp³-hybridized carbons (Fsp3) is 0.533. The maximum absolute atomic E-state index is 5.82. The van der Waals surface area contributed by atoms with Crippen molar-refractivity contribution >= 4 is 5.96 Å². The zero-order valence-corrected chi connectivity index (χ0v) is 12.4. The summed E-state index contributed by atoms with van der Waals surface area (Å²) in [5, 5.41) is 6.48. The highest BCUT2D eigenvalue weighted by Gasteiger charge is 2.05. The van der Waals surface area contributed by atoms with E-state index < -0.39 is 0 Å². The van der Waals surface area contributed by atoms with Gasteiger partial charge in [0.1, 0.15) is 11.9 Å². The van der Waals surface area contributed by atoms with Gasteiger partial charge in [0.25, 0.3) is 0 Å². The van der Waals surface area contributed by atoms with E-state index in [2.05, 4.69) is 41.6 Å². The number of nitrogens with one attached hydrogen (secondary N) is 2. The Morgan fingerprint density at radius 1 is 1.26 bits per heavy atom. The van der Waals surface area contributed by atoms with Gasteiger partial charge in [-0.15, -0.1) is 0 Å². The van der Waals surface area contributed by atoms with Crippen LogP contribution in [0.15, 0.2) is 29.3 Å². The monoisotopic (exact) mass is 263 g/mol. The molecule has 0 aliphatic rings. The molecule has 2 N–H and O–H groups in total. The molecule has 1 rings (SSSR count). The van der Waals surface area contributed by atoms with Gasteiger partial charge in [-0.3, -0.25) is 4.99 Å². The second-order valence-corrected chi connectivity index (χ2v) is 4.62. The zero-order chi connectivity index (χ0) is 14.1. The van der Waals surface area contributed by atoms with Crippen molar-refractivity contribution in [3.63, 3.8) is 0 Å². The second kappa shape index (κ2) is 8.40. The Labute approximate surface area is 116 Å². The molecule has 0 heterocycles. The smallest absolute Gasteiger partial charge is 0.191 e. The summed E-state index contributed by atoms with van der Waals surface area (Å²) in [6.45, 7) is 7.88. The molecule has 1 aromatic carbocycles. The number of aryl methyl sites for hydroxylation is 1. The fourth-order valence-electron chi connectivity index (χ4n) is 1.60. The average Bonchev–Trinajstić information content (AvgIpc) is 2.42. The van der Waals surface area contributed by atoms with Crippen LogP contribution in [0.1, 0.15) is 25.8 Å². The number of hydrogen-bond donors (Lipinski definition) is 2. The Kier molecular flexibility index (Phi) is 6.79.